The molecule has 64 valence electrons. The lowest BCUT2D eigenvalue weighted by Gasteiger charge is -2.21. The van der Waals surface area contributed by atoms with Gasteiger partial charge >= 0.3 is 0 Å². The molecule has 1 aromatic rings. The molecule has 0 aromatic carbocycles. The van der Waals surface area contributed by atoms with Crippen LogP contribution in [0.4, 0.5) is 5.69 Å². The Hall–Kier alpha value is -0.410. The molecular formula is C8H9ClN2S. The Labute approximate surface area is 80.7 Å². The van der Waals surface area contributed by atoms with E-state index >= 15 is 0 Å². The molecule has 0 radical (unpaired) electrons. The number of thioether (sulfide) groups is 1. The number of pyridine rings is 1. The van der Waals surface area contributed by atoms with Gasteiger partial charge in [-0.1, -0.05) is 30.3 Å². The monoisotopic (exact) mass is 200 g/mol. The molecule has 2 heterocycles. The SMILES string of the molecule is CC1CNc2cc(Cl)cnc2S1. The zero-order chi connectivity index (χ0) is 8.55. The topological polar surface area (TPSA) is 24.9 Å². The van der Waals surface area contributed by atoms with E-state index in [1.807, 2.05) is 6.07 Å². The first-order chi connectivity index (χ1) is 5.75. The Morgan fingerprint density at radius 3 is 3.42 bits per heavy atom. The second-order valence-corrected chi connectivity index (χ2v) is 4.68. The maximum Gasteiger partial charge on any atom is 0.120 e. The zero-order valence-corrected chi connectivity index (χ0v) is 8.25. The number of nitrogens with one attached hydrogen (secondary N) is 1. The lowest BCUT2D eigenvalue weighted by molar-refractivity contribution is 0.948. The second-order valence-electron chi connectivity index (χ2n) is 2.82. The van der Waals surface area contributed by atoms with Crippen LogP contribution in [0.1, 0.15) is 6.92 Å². The standard InChI is InChI=1S/C8H9ClN2S/c1-5-3-10-7-2-6(9)4-11-8(7)12-5/h2,4-5,10H,3H2,1H3. The van der Waals surface area contributed by atoms with Gasteiger partial charge < -0.3 is 5.32 Å². The van der Waals surface area contributed by atoms with Crippen LogP contribution in [0.15, 0.2) is 17.3 Å². The van der Waals surface area contributed by atoms with Gasteiger partial charge in [-0.15, -0.1) is 0 Å². The zero-order valence-electron chi connectivity index (χ0n) is 6.67. The molecule has 1 aliphatic rings. The Morgan fingerprint density at radius 1 is 1.75 bits per heavy atom. The Morgan fingerprint density at radius 2 is 2.58 bits per heavy atom. The minimum absolute atomic E-state index is 0.589. The van der Waals surface area contributed by atoms with Gasteiger partial charge in [0.25, 0.3) is 0 Å². The average Bonchev–Trinajstić information content (AvgIpc) is 2.05. The van der Waals surface area contributed by atoms with Gasteiger partial charge in [0.1, 0.15) is 5.03 Å². The minimum Gasteiger partial charge on any atom is -0.382 e. The molecule has 0 bridgehead atoms. The Balaban J connectivity index is 2.37. The first-order valence-corrected chi connectivity index (χ1v) is 5.07. The number of fused-ring (bicyclic) bond motifs is 1. The number of hydrogen-bond donors (Lipinski definition) is 1. The smallest absolute Gasteiger partial charge is 0.120 e. The van der Waals surface area contributed by atoms with Crippen LogP contribution in [0.5, 0.6) is 0 Å². The van der Waals surface area contributed by atoms with Crippen LogP contribution in [0, 0.1) is 0 Å². The summed E-state index contributed by atoms with van der Waals surface area (Å²) in [7, 11) is 0. The van der Waals surface area contributed by atoms with Gasteiger partial charge in [-0.05, 0) is 6.07 Å². The fraction of sp³-hybridized carbons (Fsp3) is 0.375. The lowest BCUT2D eigenvalue weighted by atomic mass is 10.4. The Bertz CT molecular complexity index is 303. The van der Waals surface area contributed by atoms with Gasteiger partial charge in [-0.25, -0.2) is 4.98 Å². The second kappa shape index (κ2) is 3.15. The molecule has 0 aliphatic carbocycles. The molecule has 1 unspecified atom stereocenters. The third-order valence-electron chi connectivity index (χ3n) is 1.71. The highest BCUT2D eigenvalue weighted by Gasteiger charge is 2.15. The van der Waals surface area contributed by atoms with Crippen molar-refractivity contribution in [2.45, 2.75) is 17.2 Å². The van der Waals surface area contributed by atoms with Crippen LogP contribution in [-0.4, -0.2) is 16.8 Å². The number of aromatic nitrogens is 1. The Kier molecular flexibility index (Phi) is 2.15. The number of hydrogen-bond acceptors (Lipinski definition) is 3. The van der Waals surface area contributed by atoms with E-state index in [0.717, 1.165) is 17.3 Å². The molecule has 1 aromatic heterocycles. The maximum atomic E-state index is 5.80. The van der Waals surface area contributed by atoms with Crippen LogP contribution >= 0.6 is 23.4 Å². The van der Waals surface area contributed by atoms with Gasteiger partial charge in [-0.3, -0.25) is 0 Å². The average molecular weight is 201 g/mol. The molecule has 1 N–H and O–H groups in total. The van der Waals surface area contributed by atoms with Crippen LogP contribution < -0.4 is 5.32 Å². The molecule has 0 spiro atoms. The predicted molar refractivity (Wildman–Crippen MR) is 53.1 cm³/mol. The molecular weight excluding hydrogens is 192 g/mol. The summed E-state index contributed by atoms with van der Waals surface area (Å²) in [5, 5.41) is 5.62. The van der Waals surface area contributed by atoms with Gasteiger partial charge in [0.2, 0.25) is 0 Å². The lowest BCUT2D eigenvalue weighted by Crippen LogP contribution is -2.18. The molecule has 0 saturated heterocycles. The van der Waals surface area contributed by atoms with Crippen LogP contribution in [0.2, 0.25) is 5.02 Å². The highest BCUT2D eigenvalue weighted by atomic mass is 35.5. The number of rotatable bonds is 0. The van der Waals surface area contributed by atoms with Crippen molar-refractivity contribution < 1.29 is 0 Å². The molecule has 2 rings (SSSR count). The van der Waals surface area contributed by atoms with Crippen LogP contribution in [0.25, 0.3) is 0 Å². The molecule has 0 amide bonds. The first-order valence-electron chi connectivity index (χ1n) is 3.82. The van der Waals surface area contributed by atoms with Crippen molar-refractivity contribution in [1.82, 2.24) is 4.98 Å². The fourth-order valence-electron chi connectivity index (χ4n) is 1.13. The van der Waals surface area contributed by atoms with Crippen LogP contribution in [0.3, 0.4) is 0 Å². The van der Waals surface area contributed by atoms with Crippen molar-refractivity contribution in [3.05, 3.63) is 17.3 Å². The van der Waals surface area contributed by atoms with Crippen molar-refractivity contribution >= 4 is 29.1 Å². The largest absolute Gasteiger partial charge is 0.382 e. The molecule has 2 nitrogen and oxygen atoms in total. The summed E-state index contributed by atoms with van der Waals surface area (Å²) in [6, 6.07) is 1.92. The van der Waals surface area contributed by atoms with Gasteiger partial charge in [-0.2, -0.15) is 0 Å². The molecule has 0 saturated carbocycles. The quantitative estimate of drug-likeness (QED) is 0.697. The van der Waals surface area contributed by atoms with E-state index in [-0.39, 0.29) is 0 Å². The number of anilines is 1. The fourth-order valence-corrected chi connectivity index (χ4v) is 2.21. The van der Waals surface area contributed by atoms with Crippen molar-refractivity contribution in [3.8, 4) is 0 Å². The van der Waals surface area contributed by atoms with E-state index in [1.165, 1.54) is 0 Å². The van der Waals surface area contributed by atoms with E-state index in [1.54, 1.807) is 18.0 Å². The first kappa shape index (κ1) is 8.20. The van der Waals surface area contributed by atoms with Crippen LogP contribution in [-0.2, 0) is 0 Å². The molecule has 1 atom stereocenters. The van der Waals surface area contributed by atoms with Crippen molar-refractivity contribution in [3.63, 3.8) is 0 Å². The maximum absolute atomic E-state index is 5.80. The number of halogens is 1. The summed E-state index contributed by atoms with van der Waals surface area (Å²) in [5.74, 6) is 0. The number of nitrogens with zero attached hydrogens (tertiary/aromatic N) is 1. The summed E-state index contributed by atoms with van der Waals surface area (Å²) >= 11 is 7.59. The van der Waals surface area contributed by atoms with Gasteiger partial charge in [0.05, 0.1) is 10.7 Å². The molecule has 4 heteroatoms. The predicted octanol–water partition coefficient (Wildman–Crippen LogP) is 2.64. The summed E-state index contributed by atoms with van der Waals surface area (Å²) in [6.07, 6.45) is 1.69. The van der Waals surface area contributed by atoms with E-state index in [4.69, 9.17) is 11.6 Å². The highest BCUT2D eigenvalue weighted by molar-refractivity contribution is 8.00. The van der Waals surface area contributed by atoms with E-state index < -0.39 is 0 Å². The minimum atomic E-state index is 0.589. The van der Waals surface area contributed by atoms with Crippen molar-refractivity contribution in [2.75, 3.05) is 11.9 Å². The highest BCUT2D eigenvalue weighted by Crippen LogP contribution is 2.33. The van der Waals surface area contributed by atoms with E-state index in [2.05, 4.69) is 17.2 Å². The van der Waals surface area contributed by atoms with E-state index in [0.29, 0.717) is 10.3 Å². The van der Waals surface area contributed by atoms with Crippen molar-refractivity contribution in [2.24, 2.45) is 0 Å². The van der Waals surface area contributed by atoms with Crippen molar-refractivity contribution in [1.29, 1.82) is 0 Å². The van der Waals surface area contributed by atoms with E-state index in [9.17, 15) is 0 Å². The van der Waals surface area contributed by atoms with Gasteiger partial charge in [0, 0.05) is 18.0 Å². The molecule has 1 aliphatic heterocycles. The molecule has 0 fully saturated rings. The third kappa shape index (κ3) is 1.52. The molecule has 12 heavy (non-hydrogen) atoms. The summed E-state index contributed by atoms with van der Waals surface area (Å²) in [6.45, 7) is 3.16. The summed E-state index contributed by atoms with van der Waals surface area (Å²) in [5.41, 5.74) is 1.06. The summed E-state index contributed by atoms with van der Waals surface area (Å²) < 4.78 is 0. The third-order valence-corrected chi connectivity index (χ3v) is 3.03. The van der Waals surface area contributed by atoms with Gasteiger partial charge in [0.15, 0.2) is 0 Å². The summed E-state index contributed by atoms with van der Waals surface area (Å²) in [4.78, 5) is 4.24. The normalized spacial score (nSPS) is 21.3.